The van der Waals surface area contributed by atoms with E-state index in [0.29, 0.717) is 36.3 Å². The molecule has 1 aromatic carbocycles. The lowest BCUT2D eigenvalue weighted by Crippen LogP contribution is -2.27. The normalized spacial score (nSPS) is 11.1. The summed E-state index contributed by atoms with van der Waals surface area (Å²) in [6.07, 6.45) is 0. The lowest BCUT2D eigenvalue weighted by Gasteiger charge is -2.11. The molecule has 0 saturated heterocycles. The molecule has 1 amide bonds. The predicted octanol–water partition coefficient (Wildman–Crippen LogP) is 3.50. The number of nitrogens with zero attached hydrogens (tertiary/aromatic N) is 2. The van der Waals surface area contributed by atoms with Gasteiger partial charge in [-0.2, -0.15) is 4.98 Å². The van der Waals surface area contributed by atoms with E-state index < -0.39 is 0 Å². The van der Waals surface area contributed by atoms with Gasteiger partial charge in [0, 0.05) is 23.7 Å². The van der Waals surface area contributed by atoms with E-state index in [1.807, 2.05) is 39.0 Å². The van der Waals surface area contributed by atoms with Gasteiger partial charge in [-0.3, -0.25) is 4.79 Å². The third-order valence-electron chi connectivity index (χ3n) is 3.59. The minimum absolute atomic E-state index is 0.0446. The average molecular weight is 330 g/mol. The summed E-state index contributed by atoms with van der Waals surface area (Å²) in [6.45, 7) is 11.3. The Kier molecular flexibility index (Phi) is 5.95. The molecule has 0 saturated carbocycles. The van der Waals surface area contributed by atoms with Crippen molar-refractivity contribution in [2.75, 3.05) is 11.9 Å². The largest absolute Gasteiger partial charge is 0.376 e. The fourth-order valence-corrected chi connectivity index (χ4v) is 2.15. The van der Waals surface area contributed by atoms with Crippen molar-refractivity contribution >= 4 is 11.6 Å². The number of aromatic nitrogens is 2. The number of anilines is 1. The van der Waals surface area contributed by atoms with Crippen molar-refractivity contribution < 1.29 is 9.32 Å². The monoisotopic (exact) mass is 330 g/mol. The van der Waals surface area contributed by atoms with Gasteiger partial charge in [0.2, 0.25) is 5.89 Å². The second kappa shape index (κ2) is 7.95. The number of carbonyl (C=O) groups is 1. The molecule has 0 aliphatic heterocycles. The lowest BCUT2D eigenvalue weighted by atomic mass is 10.1. The lowest BCUT2D eigenvalue weighted by molar-refractivity contribution is 0.0949. The first-order valence-corrected chi connectivity index (χ1v) is 8.32. The van der Waals surface area contributed by atoms with Crippen molar-refractivity contribution in [1.82, 2.24) is 15.5 Å². The fraction of sp³-hybridized carbons (Fsp3) is 0.500. The Hall–Kier alpha value is -2.37. The number of aryl methyl sites for hydroxylation is 1. The first-order chi connectivity index (χ1) is 11.4. The first kappa shape index (κ1) is 18.0. The van der Waals surface area contributed by atoms with Crippen LogP contribution in [-0.2, 0) is 6.54 Å². The fourth-order valence-electron chi connectivity index (χ4n) is 2.15. The highest BCUT2D eigenvalue weighted by atomic mass is 16.5. The Labute approximate surface area is 143 Å². The van der Waals surface area contributed by atoms with Crippen molar-refractivity contribution in [3.8, 4) is 0 Å². The quantitative estimate of drug-likeness (QED) is 0.812. The summed E-state index contributed by atoms with van der Waals surface area (Å²) in [7, 11) is 0. The summed E-state index contributed by atoms with van der Waals surface area (Å²) in [6, 6.07) is 5.60. The van der Waals surface area contributed by atoms with Crippen LogP contribution in [0.5, 0.6) is 0 Å². The molecule has 2 N–H and O–H groups in total. The zero-order chi connectivity index (χ0) is 17.7. The molecular formula is C18H26N4O2. The first-order valence-electron chi connectivity index (χ1n) is 8.32. The zero-order valence-corrected chi connectivity index (χ0v) is 15.0. The van der Waals surface area contributed by atoms with Gasteiger partial charge in [0.05, 0.1) is 6.54 Å². The second-order valence-electron chi connectivity index (χ2n) is 6.69. The molecule has 2 rings (SSSR count). The summed E-state index contributed by atoms with van der Waals surface area (Å²) >= 11 is 0. The number of benzene rings is 1. The number of rotatable bonds is 7. The molecule has 130 valence electrons. The maximum absolute atomic E-state index is 12.1. The summed E-state index contributed by atoms with van der Waals surface area (Å²) in [5.74, 6) is 1.89. The van der Waals surface area contributed by atoms with Gasteiger partial charge in [-0.05, 0) is 36.6 Å². The third kappa shape index (κ3) is 4.81. The molecule has 1 aromatic heterocycles. The van der Waals surface area contributed by atoms with Crippen LogP contribution in [-0.4, -0.2) is 22.6 Å². The van der Waals surface area contributed by atoms with Gasteiger partial charge in [-0.1, -0.05) is 32.9 Å². The third-order valence-corrected chi connectivity index (χ3v) is 3.59. The summed E-state index contributed by atoms with van der Waals surface area (Å²) in [5.41, 5.74) is 2.61. The second-order valence-corrected chi connectivity index (χ2v) is 6.69. The standard InChI is InChI=1S/C18H26N4O2/c1-11(2)9-20-18(23)14-6-7-15(13(5)8-14)19-10-16-21-17(12(3)4)22-24-16/h6-8,11-12,19H,9-10H2,1-5H3,(H,20,23). The van der Waals surface area contributed by atoms with Gasteiger partial charge in [-0.15, -0.1) is 0 Å². The summed E-state index contributed by atoms with van der Waals surface area (Å²) in [5, 5.41) is 10.1. The van der Waals surface area contributed by atoms with E-state index >= 15 is 0 Å². The van der Waals surface area contributed by atoms with E-state index in [-0.39, 0.29) is 11.8 Å². The maximum atomic E-state index is 12.1. The number of hydrogen-bond acceptors (Lipinski definition) is 5. The molecule has 2 aromatic rings. The van der Waals surface area contributed by atoms with Gasteiger partial charge in [0.25, 0.3) is 5.91 Å². The Bertz CT molecular complexity index is 692. The van der Waals surface area contributed by atoms with E-state index in [1.165, 1.54) is 0 Å². The number of hydrogen-bond donors (Lipinski definition) is 2. The molecule has 0 aliphatic rings. The van der Waals surface area contributed by atoms with Crippen molar-refractivity contribution in [3.63, 3.8) is 0 Å². The number of amides is 1. The average Bonchev–Trinajstić information content (AvgIpc) is 3.00. The van der Waals surface area contributed by atoms with Gasteiger partial charge in [-0.25, -0.2) is 0 Å². The summed E-state index contributed by atoms with van der Waals surface area (Å²) < 4.78 is 5.22. The molecule has 1 heterocycles. The van der Waals surface area contributed by atoms with Gasteiger partial charge >= 0.3 is 0 Å². The molecule has 6 heteroatoms. The van der Waals surface area contributed by atoms with Gasteiger partial charge in [0.1, 0.15) is 0 Å². The molecule has 0 unspecified atom stereocenters. The highest BCUT2D eigenvalue weighted by molar-refractivity contribution is 5.94. The Balaban J connectivity index is 1.97. The highest BCUT2D eigenvalue weighted by Gasteiger charge is 2.11. The van der Waals surface area contributed by atoms with Gasteiger partial charge in [0.15, 0.2) is 5.82 Å². The van der Waals surface area contributed by atoms with E-state index in [1.54, 1.807) is 0 Å². The van der Waals surface area contributed by atoms with Crippen LogP contribution in [0, 0.1) is 12.8 Å². The highest BCUT2D eigenvalue weighted by Crippen LogP contribution is 2.18. The number of carbonyl (C=O) groups excluding carboxylic acids is 1. The van der Waals surface area contributed by atoms with Crippen molar-refractivity contribution in [2.45, 2.75) is 47.1 Å². The van der Waals surface area contributed by atoms with Crippen LogP contribution in [0.3, 0.4) is 0 Å². The van der Waals surface area contributed by atoms with E-state index in [2.05, 4.69) is 34.6 Å². The van der Waals surface area contributed by atoms with E-state index in [4.69, 9.17) is 4.52 Å². The Morgan fingerprint density at radius 1 is 1.25 bits per heavy atom. The zero-order valence-electron chi connectivity index (χ0n) is 15.0. The van der Waals surface area contributed by atoms with Crippen LogP contribution in [0.25, 0.3) is 0 Å². The van der Waals surface area contributed by atoms with Crippen molar-refractivity contribution in [3.05, 3.63) is 41.0 Å². The van der Waals surface area contributed by atoms with Crippen LogP contribution in [0.15, 0.2) is 22.7 Å². The molecule has 24 heavy (non-hydrogen) atoms. The van der Waals surface area contributed by atoms with Crippen molar-refractivity contribution in [2.24, 2.45) is 5.92 Å². The minimum Gasteiger partial charge on any atom is -0.376 e. The van der Waals surface area contributed by atoms with Crippen LogP contribution in [0.2, 0.25) is 0 Å². The molecular weight excluding hydrogens is 304 g/mol. The molecule has 0 aliphatic carbocycles. The molecule has 0 radical (unpaired) electrons. The van der Waals surface area contributed by atoms with E-state index in [0.717, 1.165) is 11.3 Å². The van der Waals surface area contributed by atoms with Gasteiger partial charge < -0.3 is 15.2 Å². The van der Waals surface area contributed by atoms with Crippen molar-refractivity contribution in [1.29, 1.82) is 0 Å². The summed E-state index contributed by atoms with van der Waals surface area (Å²) in [4.78, 5) is 16.4. The topological polar surface area (TPSA) is 80.0 Å². The molecule has 0 atom stereocenters. The van der Waals surface area contributed by atoms with Crippen LogP contribution < -0.4 is 10.6 Å². The molecule has 0 bridgehead atoms. The maximum Gasteiger partial charge on any atom is 0.251 e. The van der Waals surface area contributed by atoms with E-state index in [9.17, 15) is 4.79 Å². The molecule has 6 nitrogen and oxygen atoms in total. The van der Waals surface area contributed by atoms with Crippen LogP contribution in [0.4, 0.5) is 5.69 Å². The Morgan fingerprint density at radius 2 is 2.00 bits per heavy atom. The predicted molar refractivity (Wildman–Crippen MR) is 94.1 cm³/mol. The van der Waals surface area contributed by atoms with Crippen LogP contribution >= 0.6 is 0 Å². The molecule has 0 spiro atoms. The Morgan fingerprint density at radius 3 is 2.58 bits per heavy atom. The van der Waals surface area contributed by atoms with Crippen LogP contribution in [0.1, 0.15) is 61.2 Å². The minimum atomic E-state index is -0.0446. The molecule has 0 fully saturated rings. The number of nitrogens with one attached hydrogen (secondary N) is 2. The smallest absolute Gasteiger partial charge is 0.251 e. The SMILES string of the molecule is Cc1cc(C(=O)NCC(C)C)ccc1NCc1nc(C(C)C)no1.